The molecule has 5 aromatic rings. The molecule has 1 aromatic carbocycles. The first-order chi connectivity index (χ1) is 31.0. The number of nitrogens with one attached hydrogen (secondary N) is 2. The van der Waals surface area contributed by atoms with Crippen molar-refractivity contribution in [2.24, 2.45) is 24.3 Å². The number of imidazole rings is 1. The molecule has 6 aliphatic rings. The van der Waals surface area contributed by atoms with Crippen molar-refractivity contribution < 1.29 is 27.9 Å². The first-order valence-corrected chi connectivity index (χ1v) is 23.2. The second-order valence-electron chi connectivity index (χ2n) is 19.5. The molecule has 0 radical (unpaired) electrons. The van der Waals surface area contributed by atoms with E-state index in [1.54, 1.807) is 33.3 Å². The van der Waals surface area contributed by atoms with E-state index in [0.717, 1.165) is 93.5 Å². The lowest BCUT2D eigenvalue weighted by molar-refractivity contribution is -0.135. The highest BCUT2D eigenvalue weighted by Crippen LogP contribution is 2.54. The minimum Gasteiger partial charge on any atom is -0.374 e. The molecule has 1 unspecified atom stereocenters. The SMILES string of the molecule is Cn1c(=O)n(C2CCC(=O)NC2=O)c2cccc(CCC3CC4(CCN(CC5CCC(n6cc(NC(=O)c7cnn8ccc(N9C[C@H]%10C[C@@H]9CO%10)nc78)c(C(F)F)n6)CC5)CC4)C3)c21. The highest BCUT2D eigenvalue weighted by molar-refractivity contribution is 6.08. The fourth-order valence-corrected chi connectivity index (χ4v) is 12.2. The number of anilines is 2. The molecule has 6 fully saturated rings. The summed E-state index contributed by atoms with van der Waals surface area (Å²) in [5.41, 5.74) is 3.07. The highest BCUT2D eigenvalue weighted by Gasteiger charge is 2.46. The molecule has 3 atom stereocenters. The van der Waals surface area contributed by atoms with E-state index in [2.05, 4.69) is 36.7 Å². The zero-order valence-corrected chi connectivity index (χ0v) is 36.1. The maximum absolute atomic E-state index is 14.3. The van der Waals surface area contributed by atoms with Gasteiger partial charge in [0.1, 0.15) is 17.4 Å². The molecular formula is C46H55F2N11O5. The van der Waals surface area contributed by atoms with Crippen LogP contribution in [0, 0.1) is 17.3 Å². The third-order valence-corrected chi connectivity index (χ3v) is 15.6. The lowest BCUT2D eigenvalue weighted by atomic mass is 9.56. The van der Waals surface area contributed by atoms with Gasteiger partial charge >= 0.3 is 5.69 Å². The Morgan fingerprint density at radius 2 is 1.84 bits per heavy atom. The Bertz CT molecular complexity index is 2680. The van der Waals surface area contributed by atoms with E-state index in [0.29, 0.717) is 35.9 Å². The van der Waals surface area contributed by atoms with E-state index < -0.39 is 30.0 Å². The fraction of sp³-hybridized carbons (Fsp3) is 0.587. The summed E-state index contributed by atoms with van der Waals surface area (Å²) in [7, 11) is 1.77. The van der Waals surface area contributed by atoms with Gasteiger partial charge in [-0.3, -0.25) is 33.5 Å². The number of para-hydroxylation sites is 1. The third kappa shape index (κ3) is 7.39. The van der Waals surface area contributed by atoms with Crippen molar-refractivity contribution in [1.29, 1.82) is 0 Å². The Hall–Kier alpha value is -5.49. The lowest BCUT2D eigenvalue weighted by Crippen LogP contribution is -2.48. The molecule has 4 aromatic heterocycles. The number of amides is 3. The van der Waals surface area contributed by atoms with Crippen LogP contribution in [0.1, 0.15) is 117 Å². The van der Waals surface area contributed by atoms with Gasteiger partial charge in [0, 0.05) is 39.0 Å². The van der Waals surface area contributed by atoms with Crippen LogP contribution in [0.4, 0.5) is 20.3 Å². The highest BCUT2D eigenvalue weighted by atomic mass is 19.3. The smallest absolute Gasteiger partial charge is 0.329 e. The number of ether oxygens (including phenoxy) is 1. The normalized spacial score (nSPS) is 26.1. The number of fused-ring (bicyclic) bond motifs is 4. The van der Waals surface area contributed by atoms with Crippen LogP contribution in [0.2, 0.25) is 0 Å². The number of morpholine rings is 1. The number of carbonyl (C=O) groups excluding carboxylic acids is 3. The van der Waals surface area contributed by atoms with Crippen molar-refractivity contribution in [3.8, 4) is 0 Å². The second-order valence-corrected chi connectivity index (χ2v) is 19.5. The van der Waals surface area contributed by atoms with Gasteiger partial charge < -0.3 is 19.9 Å². The standard InChI is InChI=1S/C46H55F2N11O5/c1-54-40-29(3-2-4-35(40)59(45(54)63)36-11-12-38(60)52-44(36)62)8-5-28-20-46(21-28)14-17-55(18-15-46)23-27-6-9-30(10-7-27)58-25-34(39(53-58)41(47)48)50-43(61)33-22-49-57-16-13-37(51-42(33)57)56-24-32-19-31(56)26-64-32/h2-4,13,16,22,25,27-28,30-32,36,41H,5-12,14-15,17-21,23-24,26H2,1H3,(H,50,61)(H,52,60,62)/t27?,30?,31-,32-,36?/m1/s1. The number of benzene rings is 1. The van der Waals surface area contributed by atoms with Crippen LogP contribution < -0.4 is 21.2 Å². The van der Waals surface area contributed by atoms with Crippen LogP contribution in [0.3, 0.4) is 0 Å². The van der Waals surface area contributed by atoms with Crippen LogP contribution >= 0.6 is 0 Å². The van der Waals surface area contributed by atoms with Crippen molar-refractivity contribution in [2.75, 3.05) is 43.0 Å². The van der Waals surface area contributed by atoms with Gasteiger partial charge in [-0.2, -0.15) is 10.2 Å². The minimum absolute atomic E-state index is 0.0122. The first-order valence-electron chi connectivity index (χ1n) is 23.2. The zero-order valence-electron chi connectivity index (χ0n) is 36.1. The molecule has 8 heterocycles. The number of piperidine rings is 2. The maximum Gasteiger partial charge on any atom is 0.329 e. The van der Waals surface area contributed by atoms with Crippen LogP contribution in [0.15, 0.2) is 47.7 Å². The topological polar surface area (TPSA) is 166 Å². The number of hydrogen-bond donors (Lipinski definition) is 2. The number of likely N-dealkylation sites (tertiary alicyclic amines) is 1. The molecule has 2 aliphatic carbocycles. The van der Waals surface area contributed by atoms with Gasteiger partial charge in [-0.15, -0.1) is 0 Å². The number of nitrogens with zero attached hydrogens (tertiary/aromatic N) is 9. The second kappa shape index (κ2) is 16.2. The Morgan fingerprint density at radius 3 is 2.58 bits per heavy atom. The summed E-state index contributed by atoms with van der Waals surface area (Å²) >= 11 is 0. The van der Waals surface area contributed by atoms with E-state index >= 15 is 0 Å². The van der Waals surface area contributed by atoms with Gasteiger partial charge in [0.15, 0.2) is 11.3 Å². The Morgan fingerprint density at radius 1 is 1.03 bits per heavy atom. The third-order valence-electron chi connectivity index (χ3n) is 15.6. The number of aromatic nitrogens is 7. The number of halogens is 2. The number of carbonyl (C=O) groups is 3. The summed E-state index contributed by atoms with van der Waals surface area (Å²) in [5, 5.41) is 13.7. The van der Waals surface area contributed by atoms with Crippen molar-refractivity contribution in [1.82, 2.24) is 43.7 Å². The summed E-state index contributed by atoms with van der Waals surface area (Å²) in [5.74, 6) is 0.665. The van der Waals surface area contributed by atoms with Crippen molar-refractivity contribution in [2.45, 2.75) is 114 Å². The Kier molecular flexibility index (Phi) is 10.4. The molecule has 1 spiro atoms. The van der Waals surface area contributed by atoms with E-state index in [1.165, 1.54) is 36.4 Å². The van der Waals surface area contributed by atoms with Crippen LogP contribution in [0.25, 0.3) is 16.7 Å². The maximum atomic E-state index is 14.3. The van der Waals surface area contributed by atoms with Gasteiger partial charge in [0.2, 0.25) is 11.8 Å². The average Bonchev–Trinajstić information content (AvgIpc) is 4.13. The van der Waals surface area contributed by atoms with Gasteiger partial charge in [-0.25, -0.2) is 23.1 Å². The van der Waals surface area contributed by atoms with Crippen molar-refractivity contribution >= 4 is 45.9 Å². The van der Waals surface area contributed by atoms with Crippen molar-refractivity contribution in [3.63, 3.8) is 0 Å². The first kappa shape index (κ1) is 41.2. The molecule has 2 saturated carbocycles. The van der Waals surface area contributed by atoms with E-state index in [-0.39, 0.29) is 47.5 Å². The fourth-order valence-electron chi connectivity index (χ4n) is 12.2. The summed E-state index contributed by atoms with van der Waals surface area (Å²) in [4.78, 5) is 61.0. The van der Waals surface area contributed by atoms with Gasteiger partial charge in [0.05, 0.1) is 47.7 Å². The lowest BCUT2D eigenvalue weighted by Gasteiger charge is -2.53. The van der Waals surface area contributed by atoms with Crippen molar-refractivity contribution in [3.05, 3.63) is 70.2 Å². The number of hydrogen-bond acceptors (Lipinski definition) is 10. The minimum atomic E-state index is -2.85. The van der Waals surface area contributed by atoms with Gasteiger partial charge in [0.25, 0.3) is 12.3 Å². The molecule has 18 heteroatoms. The number of alkyl halides is 2. The quantitative estimate of drug-likeness (QED) is 0.160. The van der Waals surface area contributed by atoms with Crippen LogP contribution in [-0.2, 0) is 27.8 Å². The monoisotopic (exact) mass is 879 g/mol. The molecule has 3 amide bonds. The molecular weight excluding hydrogens is 825 g/mol. The zero-order chi connectivity index (χ0) is 43.9. The molecule has 64 heavy (non-hydrogen) atoms. The summed E-state index contributed by atoms with van der Waals surface area (Å²) in [6, 6.07) is 7.38. The van der Waals surface area contributed by atoms with Crippen LogP contribution in [0.5, 0.6) is 0 Å². The molecule has 2 bridgehead atoms. The van der Waals surface area contributed by atoms with E-state index in [9.17, 15) is 28.0 Å². The Labute approximate surface area is 368 Å². The molecule has 11 rings (SSSR count). The largest absolute Gasteiger partial charge is 0.374 e. The molecule has 4 aliphatic heterocycles. The predicted octanol–water partition coefficient (Wildman–Crippen LogP) is 5.58. The Balaban J connectivity index is 0.654. The number of rotatable bonds is 11. The van der Waals surface area contributed by atoms with Gasteiger partial charge in [-0.1, -0.05) is 12.1 Å². The molecule has 338 valence electrons. The molecule has 2 N–H and O–H groups in total. The van der Waals surface area contributed by atoms with Crippen LogP contribution in [-0.4, -0.2) is 101 Å². The average molecular weight is 880 g/mol. The molecule has 16 nitrogen and oxygen atoms in total. The number of aryl methyl sites for hydroxylation is 2. The summed E-state index contributed by atoms with van der Waals surface area (Å²) in [6.07, 6.45) is 14.1. The molecule has 4 saturated heterocycles. The van der Waals surface area contributed by atoms with E-state index in [4.69, 9.17) is 9.72 Å². The van der Waals surface area contributed by atoms with Gasteiger partial charge in [-0.05, 0) is 125 Å². The predicted molar refractivity (Wildman–Crippen MR) is 232 cm³/mol. The summed E-state index contributed by atoms with van der Waals surface area (Å²) < 4.78 is 40.8. The van der Waals surface area contributed by atoms with E-state index in [1.807, 2.05) is 18.2 Å². The number of imide groups is 1. The summed E-state index contributed by atoms with van der Waals surface area (Å²) in [6.45, 7) is 4.64.